The van der Waals surface area contributed by atoms with Crippen molar-refractivity contribution in [1.29, 1.82) is 0 Å². The number of halogens is 5. The number of aromatic nitrogens is 3. The van der Waals surface area contributed by atoms with E-state index in [1.54, 1.807) is 24.3 Å². The van der Waals surface area contributed by atoms with E-state index < -0.39 is 37.2 Å². The van der Waals surface area contributed by atoms with E-state index in [1.807, 2.05) is 0 Å². The van der Waals surface area contributed by atoms with Gasteiger partial charge in [0.25, 0.3) is 15.6 Å². The summed E-state index contributed by atoms with van der Waals surface area (Å²) in [5, 5.41) is 6.36. The highest BCUT2D eigenvalue weighted by molar-refractivity contribution is 7.92. The van der Waals surface area contributed by atoms with Crippen molar-refractivity contribution in [2.75, 3.05) is 4.72 Å². The van der Waals surface area contributed by atoms with Crippen molar-refractivity contribution in [2.24, 2.45) is 0 Å². The summed E-state index contributed by atoms with van der Waals surface area (Å²) in [7, 11) is -4.53. The Labute approximate surface area is 194 Å². The molecule has 0 amide bonds. The molecule has 2 aromatic carbocycles. The molecule has 0 saturated carbocycles. The predicted octanol–water partition coefficient (Wildman–Crippen LogP) is 5.11. The fraction of sp³-hybridized carbons (Fsp3) is 0.0500. The molecule has 0 radical (unpaired) electrons. The highest BCUT2D eigenvalue weighted by Gasteiger charge is 2.34. The zero-order valence-corrected chi connectivity index (χ0v) is 18.4. The fourth-order valence-electron chi connectivity index (χ4n) is 3.09. The third-order valence-corrected chi connectivity index (χ3v) is 6.47. The summed E-state index contributed by atoms with van der Waals surface area (Å²) >= 11 is 11.6. The van der Waals surface area contributed by atoms with Gasteiger partial charge in [-0.3, -0.25) is 14.5 Å². The normalized spacial score (nSPS) is 12.2. The standard InChI is InChI=1S/C20H11Cl2F3N4O3S/c21-10-7-16(29-33(31,32)11-5-6-15(22)14(8-11)20(23,24)25)18(26-9-10)17-12-3-1-2-4-13(12)19(30)28-27-17/h1-9,29H,(H,28,30). The smallest absolute Gasteiger partial charge is 0.277 e. The number of anilines is 1. The van der Waals surface area contributed by atoms with Gasteiger partial charge in [-0.05, 0) is 30.3 Å². The average Bonchev–Trinajstić information content (AvgIpc) is 2.74. The van der Waals surface area contributed by atoms with Crippen LogP contribution in [0.3, 0.4) is 0 Å². The first kappa shape index (κ1) is 23.0. The summed E-state index contributed by atoms with van der Waals surface area (Å²) in [5.74, 6) is 0. The third kappa shape index (κ3) is 4.52. The number of nitrogens with zero attached hydrogens (tertiary/aromatic N) is 2. The molecule has 170 valence electrons. The van der Waals surface area contributed by atoms with Crippen LogP contribution < -0.4 is 10.3 Å². The number of fused-ring (bicyclic) bond motifs is 1. The molecule has 0 atom stereocenters. The van der Waals surface area contributed by atoms with Crippen molar-refractivity contribution >= 4 is 49.7 Å². The molecule has 0 bridgehead atoms. The zero-order valence-electron chi connectivity index (χ0n) is 16.1. The lowest BCUT2D eigenvalue weighted by Crippen LogP contribution is -2.16. The molecule has 0 saturated heterocycles. The van der Waals surface area contributed by atoms with Crippen LogP contribution in [0.1, 0.15) is 5.56 Å². The van der Waals surface area contributed by atoms with Gasteiger partial charge in [0.15, 0.2) is 0 Å². The molecule has 0 unspecified atom stereocenters. The second-order valence-corrected chi connectivity index (χ2v) is 9.27. The lowest BCUT2D eigenvalue weighted by atomic mass is 10.1. The topological polar surface area (TPSA) is 105 Å². The molecule has 4 rings (SSSR count). The maximum Gasteiger partial charge on any atom is 0.417 e. The van der Waals surface area contributed by atoms with Crippen molar-refractivity contribution in [3.05, 3.63) is 80.7 Å². The van der Waals surface area contributed by atoms with Gasteiger partial charge in [-0.15, -0.1) is 0 Å². The molecule has 7 nitrogen and oxygen atoms in total. The number of sulfonamides is 1. The molecule has 0 spiro atoms. The summed E-state index contributed by atoms with van der Waals surface area (Å²) in [6.45, 7) is 0. The minimum atomic E-state index is -4.86. The number of aromatic amines is 1. The minimum Gasteiger partial charge on any atom is -0.277 e. The lowest BCUT2D eigenvalue weighted by molar-refractivity contribution is -0.137. The first-order valence-electron chi connectivity index (χ1n) is 9.00. The maximum absolute atomic E-state index is 13.2. The number of rotatable bonds is 4. The highest BCUT2D eigenvalue weighted by atomic mass is 35.5. The molecule has 13 heteroatoms. The number of hydrogen-bond donors (Lipinski definition) is 2. The van der Waals surface area contributed by atoms with Crippen LogP contribution in [0.15, 0.2) is 64.4 Å². The summed E-state index contributed by atoms with van der Waals surface area (Å²) < 4.78 is 67.7. The van der Waals surface area contributed by atoms with Crippen LogP contribution in [0.4, 0.5) is 18.9 Å². The summed E-state index contributed by atoms with van der Waals surface area (Å²) in [6, 6.07) is 9.86. The van der Waals surface area contributed by atoms with Gasteiger partial charge in [-0.1, -0.05) is 41.4 Å². The average molecular weight is 515 g/mol. The predicted molar refractivity (Wildman–Crippen MR) is 118 cm³/mol. The van der Waals surface area contributed by atoms with Crippen LogP contribution in [0, 0.1) is 0 Å². The quantitative estimate of drug-likeness (QED) is 0.393. The Bertz CT molecular complexity index is 1560. The van der Waals surface area contributed by atoms with E-state index in [4.69, 9.17) is 23.2 Å². The molecule has 2 aromatic heterocycles. The molecule has 0 aliphatic rings. The van der Waals surface area contributed by atoms with Crippen LogP contribution in [-0.4, -0.2) is 23.6 Å². The number of pyridine rings is 1. The van der Waals surface area contributed by atoms with Crippen LogP contribution in [0.25, 0.3) is 22.2 Å². The highest BCUT2D eigenvalue weighted by Crippen LogP contribution is 2.37. The van der Waals surface area contributed by atoms with E-state index in [9.17, 15) is 26.4 Å². The molecular weight excluding hydrogens is 504 g/mol. The Morgan fingerprint density at radius 2 is 1.67 bits per heavy atom. The maximum atomic E-state index is 13.2. The number of H-pyrrole nitrogens is 1. The van der Waals surface area contributed by atoms with Crippen molar-refractivity contribution in [3.8, 4) is 11.4 Å². The van der Waals surface area contributed by atoms with Crippen LogP contribution >= 0.6 is 23.2 Å². The van der Waals surface area contributed by atoms with E-state index in [0.717, 1.165) is 12.1 Å². The third-order valence-electron chi connectivity index (χ3n) is 4.57. The summed E-state index contributed by atoms with van der Waals surface area (Å²) in [5.41, 5.74) is -1.79. The van der Waals surface area contributed by atoms with E-state index in [-0.39, 0.29) is 27.5 Å². The summed E-state index contributed by atoms with van der Waals surface area (Å²) in [6.07, 6.45) is -3.62. The largest absolute Gasteiger partial charge is 0.417 e. The SMILES string of the molecule is O=c1[nH]nc(-c2ncc(Cl)cc2NS(=O)(=O)c2ccc(Cl)c(C(F)(F)F)c2)c2ccccc12. The fourth-order valence-corrected chi connectivity index (χ4v) is 4.56. The van der Waals surface area contributed by atoms with Crippen molar-refractivity contribution in [1.82, 2.24) is 15.2 Å². The molecule has 0 fully saturated rings. The second kappa shape index (κ2) is 8.32. The van der Waals surface area contributed by atoms with Gasteiger partial charge in [0, 0.05) is 11.6 Å². The lowest BCUT2D eigenvalue weighted by Gasteiger charge is -2.15. The molecule has 2 N–H and O–H groups in total. The van der Waals surface area contributed by atoms with Crippen molar-refractivity contribution < 1.29 is 21.6 Å². The molecule has 33 heavy (non-hydrogen) atoms. The molecule has 0 aliphatic carbocycles. The molecule has 4 aromatic rings. The van der Waals surface area contributed by atoms with Crippen LogP contribution in [0.2, 0.25) is 10.0 Å². The molecular formula is C20H11Cl2F3N4O3S. The number of alkyl halides is 3. The Balaban J connectivity index is 1.86. The Morgan fingerprint density at radius 3 is 2.36 bits per heavy atom. The molecule has 2 heterocycles. The van der Waals surface area contributed by atoms with Gasteiger partial charge in [-0.25, -0.2) is 13.5 Å². The van der Waals surface area contributed by atoms with Crippen LogP contribution in [0.5, 0.6) is 0 Å². The first-order chi connectivity index (χ1) is 15.5. The van der Waals surface area contributed by atoms with E-state index in [2.05, 4.69) is 19.9 Å². The van der Waals surface area contributed by atoms with Crippen molar-refractivity contribution in [2.45, 2.75) is 11.1 Å². The van der Waals surface area contributed by atoms with Crippen molar-refractivity contribution in [3.63, 3.8) is 0 Å². The summed E-state index contributed by atoms with van der Waals surface area (Å²) in [4.78, 5) is 15.5. The Morgan fingerprint density at radius 1 is 0.970 bits per heavy atom. The van der Waals surface area contributed by atoms with Gasteiger partial charge in [0.1, 0.15) is 11.4 Å². The van der Waals surface area contributed by atoms with Gasteiger partial charge in [0.05, 0.1) is 31.6 Å². The van der Waals surface area contributed by atoms with Gasteiger partial charge in [-0.2, -0.15) is 18.3 Å². The zero-order chi connectivity index (χ0) is 24.0. The van der Waals surface area contributed by atoms with Gasteiger partial charge in [0.2, 0.25) is 0 Å². The van der Waals surface area contributed by atoms with Crippen LogP contribution in [-0.2, 0) is 16.2 Å². The molecule has 0 aliphatic heterocycles. The number of nitrogens with one attached hydrogen (secondary N) is 2. The van der Waals surface area contributed by atoms with Gasteiger partial charge >= 0.3 is 6.18 Å². The van der Waals surface area contributed by atoms with Gasteiger partial charge < -0.3 is 0 Å². The Kier molecular flexibility index (Phi) is 5.81. The monoisotopic (exact) mass is 514 g/mol. The number of hydrogen-bond acceptors (Lipinski definition) is 5. The number of benzene rings is 2. The first-order valence-corrected chi connectivity index (χ1v) is 11.2. The van der Waals surface area contributed by atoms with E-state index in [0.29, 0.717) is 11.5 Å². The second-order valence-electron chi connectivity index (χ2n) is 6.74. The van der Waals surface area contributed by atoms with E-state index in [1.165, 1.54) is 12.3 Å². The minimum absolute atomic E-state index is 0.000401. The van der Waals surface area contributed by atoms with E-state index >= 15 is 0 Å². The Hall–Kier alpha value is -3.15.